The summed E-state index contributed by atoms with van der Waals surface area (Å²) in [4.78, 5) is 22.1. The van der Waals surface area contributed by atoms with Crippen molar-refractivity contribution in [3.8, 4) is 0 Å². The molecule has 1 heterocycles. The lowest BCUT2D eigenvalue weighted by Gasteiger charge is -2.38. The molecule has 0 saturated carbocycles. The smallest absolute Gasteiger partial charge is 0.308 e. The average Bonchev–Trinajstić information content (AvgIpc) is 2.24. The monoisotopic (exact) mass is 242 g/mol. The maximum Gasteiger partial charge on any atom is 0.308 e. The van der Waals surface area contributed by atoms with Crippen molar-refractivity contribution in [2.45, 2.75) is 44.7 Å². The fraction of sp³-hybridized carbons (Fsp3) is 0.667. The number of hydrogen-bond donors (Lipinski definition) is 0. The van der Waals surface area contributed by atoms with Crippen molar-refractivity contribution in [3.63, 3.8) is 0 Å². The molecule has 0 aromatic carbocycles. The molecule has 1 aliphatic rings. The van der Waals surface area contributed by atoms with Gasteiger partial charge in [-0.3, -0.25) is 4.79 Å². The summed E-state index contributed by atoms with van der Waals surface area (Å²) in [5.74, 6) is -1.22. The molecule has 0 aliphatic carbocycles. The molecular weight excluding hydrogens is 224 g/mol. The lowest BCUT2D eigenvalue weighted by Crippen LogP contribution is -2.45. The van der Waals surface area contributed by atoms with Crippen LogP contribution in [-0.2, 0) is 23.8 Å². The minimum absolute atomic E-state index is 0.116. The molecule has 96 valence electrons. The fourth-order valence-corrected chi connectivity index (χ4v) is 1.75. The highest BCUT2D eigenvalue weighted by molar-refractivity contribution is 5.70. The van der Waals surface area contributed by atoms with Crippen molar-refractivity contribution in [1.29, 1.82) is 0 Å². The van der Waals surface area contributed by atoms with E-state index < -0.39 is 11.9 Å². The second-order valence-electron chi connectivity index (χ2n) is 4.34. The lowest BCUT2D eigenvalue weighted by atomic mass is 10.1. The van der Waals surface area contributed by atoms with Gasteiger partial charge in [-0.1, -0.05) is 12.7 Å². The zero-order valence-corrected chi connectivity index (χ0v) is 10.2. The van der Waals surface area contributed by atoms with E-state index in [9.17, 15) is 9.59 Å². The Morgan fingerprint density at radius 3 is 2.82 bits per heavy atom. The van der Waals surface area contributed by atoms with Crippen LogP contribution in [0.4, 0.5) is 0 Å². The Morgan fingerprint density at radius 2 is 2.24 bits per heavy atom. The second-order valence-corrected chi connectivity index (χ2v) is 4.34. The first kappa shape index (κ1) is 13.9. The molecule has 1 fully saturated rings. The van der Waals surface area contributed by atoms with Gasteiger partial charge < -0.3 is 19.0 Å². The molecule has 1 saturated heterocycles. The summed E-state index contributed by atoms with van der Waals surface area (Å²) in [5.41, 5.74) is 0. The molecule has 5 heteroatoms. The highest BCUT2D eigenvalue weighted by Crippen LogP contribution is 2.27. The van der Waals surface area contributed by atoms with Gasteiger partial charge in [0.2, 0.25) is 0 Å². The first-order valence-corrected chi connectivity index (χ1v) is 5.54. The fourth-order valence-electron chi connectivity index (χ4n) is 1.75. The molecule has 0 radical (unpaired) electrons. The Bertz CT molecular complexity index is 297. The Hall–Kier alpha value is -1.20. The highest BCUT2D eigenvalue weighted by Gasteiger charge is 2.36. The van der Waals surface area contributed by atoms with Crippen LogP contribution < -0.4 is 0 Å². The maximum atomic E-state index is 11.4. The van der Waals surface area contributed by atoms with Crippen molar-refractivity contribution in [2.24, 2.45) is 0 Å². The van der Waals surface area contributed by atoms with Gasteiger partial charge in [-0.2, -0.15) is 0 Å². The third-order valence-electron chi connectivity index (χ3n) is 2.29. The molecule has 5 nitrogen and oxygen atoms in total. The van der Waals surface area contributed by atoms with Gasteiger partial charge in [0.1, 0.15) is 19.0 Å². The lowest BCUT2D eigenvalue weighted by molar-refractivity contribution is -0.291. The van der Waals surface area contributed by atoms with Crippen molar-refractivity contribution in [2.75, 3.05) is 6.61 Å². The van der Waals surface area contributed by atoms with Gasteiger partial charge in [0.15, 0.2) is 5.79 Å². The largest absolute Gasteiger partial charge is 0.461 e. The van der Waals surface area contributed by atoms with Crippen LogP contribution >= 0.6 is 0 Å². The van der Waals surface area contributed by atoms with Crippen LogP contribution in [0.15, 0.2) is 12.7 Å². The third kappa shape index (κ3) is 4.66. The van der Waals surface area contributed by atoms with Gasteiger partial charge in [-0.05, 0) is 13.8 Å². The maximum absolute atomic E-state index is 11.4. The average molecular weight is 242 g/mol. The van der Waals surface area contributed by atoms with Crippen molar-refractivity contribution < 1.29 is 23.8 Å². The van der Waals surface area contributed by atoms with E-state index in [-0.39, 0.29) is 25.1 Å². The summed E-state index contributed by atoms with van der Waals surface area (Å²) in [6, 6.07) is 0. The van der Waals surface area contributed by atoms with E-state index in [2.05, 4.69) is 6.58 Å². The normalized spacial score (nSPS) is 27.2. The topological polar surface area (TPSA) is 61.8 Å². The summed E-state index contributed by atoms with van der Waals surface area (Å²) < 4.78 is 15.8. The first-order chi connectivity index (χ1) is 7.96. The molecule has 0 aromatic heterocycles. The third-order valence-corrected chi connectivity index (χ3v) is 2.29. The number of hydrogen-bond acceptors (Lipinski definition) is 5. The van der Waals surface area contributed by atoms with Gasteiger partial charge in [-0.25, -0.2) is 0 Å². The molecule has 0 bridgehead atoms. The van der Waals surface area contributed by atoms with Crippen molar-refractivity contribution in [3.05, 3.63) is 12.7 Å². The van der Waals surface area contributed by atoms with Crippen molar-refractivity contribution >= 4 is 12.3 Å². The van der Waals surface area contributed by atoms with Gasteiger partial charge in [0.25, 0.3) is 0 Å². The molecule has 17 heavy (non-hydrogen) atoms. The van der Waals surface area contributed by atoms with Gasteiger partial charge in [0, 0.05) is 6.42 Å². The SMILES string of the molecule is C=CCOC(=O)C[C@H]1C[C@@H](C=O)OC(C)(C)O1. The molecule has 2 atom stereocenters. The van der Waals surface area contributed by atoms with E-state index >= 15 is 0 Å². The molecule has 0 spiro atoms. The predicted octanol–water partition coefficient (Wildman–Crippen LogP) is 1.21. The van der Waals surface area contributed by atoms with E-state index in [1.807, 2.05) is 0 Å². The molecular formula is C12H18O5. The molecule has 0 aromatic rings. The summed E-state index contributed by atoms with van der Waals surface area (Å²) in [6.07, 6.45) is 1.83. The van der Waals surface area contributed by atoms with Gasteiger partial charge >= 0.3 is 5.97 Å². The number of carbonyl (C=O) groups excluding carboxylic acids is 2. The molecule has 1 aliphatic heterocycles. The summed E-state index contributed by atoms with van der Waals surface area (Å²) >= 11 is 0. The van der Waals surface area contributed by atoms with Gasteiger partial charge in [0.05, 0.1) is 12.5 Å². The van der Waals surface area contributed by atoms with Crippen LogP contribution in [-0.4, -0.2) is 36.9 Å². The number of aldehydes is 1. The summed E-state index contributed by atoms with van der Waals surface area (Å²) in [7, 11) is 0. The van der Waals surface area contributed by atoms with Crippen LogP contribution in [0.25, 0.3) is 0 Å². The number of rotatable bonds is 5. The predicted molar refractivity (Wildman–Crippen MR) is 60.3 cm³/mol. The molecule has 0 N–H and O–H groups in total. The van der Waals surface area contributed by atoms with Gasteiger partial charge in [-0.15, -0.1) is 0 Å². The van der Waals surface area contributed by atoms with Crippen LogP contribution in [0.5, 0.6) is 0 Å². The summed E-state index contributed by atoms with van der Waals surface area (Å²) in [5, 5.41) is 0. The van der Waals surface area contributed by atoms with Crippen LogP contribution in [0.1, 0.15) is 26.7 Å². The zero-order chi connectivity index (χ0) is 12.9. The Balaban J connectivity index is 2.49. The summed E-state index contributed by atoms with van der Waals surface area (Å²) in [6.45, 7) is 7.06. The molecule has 1 rings (SSSR count). The Morgan fingerprint density at radius 1 is 1.53 bits per heavy atom. The van der Waals surface area contributed by atoms with Crippen LogP contribution in [0.3, 0.4) is 0 Å². The minimum atomic E-state index is -0.854. The minimum Gasteiger partial charge on any atom is -0.461 e. The number of carbonyl (C=O) groups is 2. The van der Waals surface area contributed by atoms with E-state index in [0.29, 0.717) is 6.42 Å². The number of ether oxygens (including phenoxy) is 3. The van der Waals surface area contributed by atoms with Crippen molar-refractivity contribution in [1.82, 2.24) is 0 Å². The first-order valence-electron chi connectivity index (χ1n) is 5.54. The molecule has 0 unspecified atom stereocenters. The van der Waals surface area contributed by atoms with E-state index in [1.165, 1.54) is 6.08 Å². The zero-order valence-electron chi connectivity index (χ0n) is 10.2. The van der Waals surface area contributed by atoms with Crippen LogP contribution in [0, 0.1) is 0 Å². The van der Waals surface area contributed by atoms with E-state index in [0.717, 1.165) is 6.29 Å². The number of esters is 1. The highest BCUT2D eigenvalue weighted by atomic mass is 16.7. The van der Waals surface area contributed by atoms with Crippen LogP contribution in [0.2, 0.25) is 0 Å². The van der Waals surface area contributed by atoms with E-state index in [4.69, 9.17) is 14.2 Å². The molecule has 0 amide bonds. The quantitative estimate of drug-likeness (QED) is 0.412. The second kappa shape index (κ2) is 5.93. The Kier molecular flexibility index (Phi) is 4.84. The standard InChI is InChI=1S/C12H18O5/c1-4-5-15-11(14)7-9-6-10(8-13)17-12(2,3)16-9/h4,8-10H,1,5-7H2,2-3H3/t9-,10+/m1/s1. The van der Waals surface area contributed by atoms with E-state index in [1.54, 1.807) is 13.8 Å². The Labute approximate surface area is 101 Å².